The highest BCUT2D eigenvalue weighted by Gasteiger charge is 2.22. The van der Waals surface area contributed by atoms with Gasteiger partial charge in [0.1, 0.15) is 16.2 Å². The summed E-state index contributed by atoms with van der Waals surface area (Å²) in [5.41, 5.74) is 1.26. The number of anilines is 1. The fourth-order valence-electron chi connectivity index (χ4n) is 2.20. The summed E-state index contributed by atoms with van der Waals surface area (Å²) >= 11 is 5.91. The zero-order chi connectivity index (χ0) is 16.6. The topological polar surface area (TPSA) is 81.4 Å². The van der Waals surface area contributed by atoms with E-state index in [4.69, 9.17) is 20.8 Å². The number of aromatic nitrogens is 1. The quantitative estimate of drug-likeness (QED) is 0.775. The van der Waals surface area contributed by atoms with E-state index in [1.54, 1.807) is 31.2 Å². The van der Waals surface area contributed by atoms with Crippen LogP contribution in [0.25, 0.3) is 11.1 Å². The van der Waals surface area contributed by atoms with Crippen LogP contribution in [-0.4, -0.2) is 20.5 Å². The summed E-state index contributed by atoms with van der Waals surface area (Å²) in [6.45, 7) is 1.69. The van der Waals surface area contributed by atoms with Crippen LogP contribution < -0.4 is 9.46 Å². The molecule has 1 N–H and O–H groups in total. The lowest BCUT2D eigenvalue weighted by atomic mass is 10.3. The van der Waals surface area contributed by atoms with Gasteiger partial charge < -0.3 is 9.15 Å². The zero-order valence-electron chi connectivity index (χ0n) is 12.3. The molecule has 0 saturated heterocycles. The maximum Gasteiger partial charge on any atom is 0.265 e. The largest absolute Gasteiger partial charge is 0.495 e. The van der Waals surface area contributed by atoms with Gasteiger partial charge in [0.2, 0.25) is 0 Å². The van der Waals surface area contributed by atoms with E-state index in [2.05, 4.69) is 9.71 Å². The molecule has 6 nitrogen and oxygen atoms in total. The molecule has 3 rings (SSSR count). The Labute approximate surface area is 138 Å². The van der Waals surface area contributed by atoms with Crippen molar-refractivity contribution < 1.29 is 17.6 Å². The third-order valence-electron chi connectivity index (χ3n) is 3.19. The number of benzene rings is 2. The predicted octanol–water partition coefficient (Wildman–Crippen LogP) is 3.60. The van der Waals surface area contributed by atoms with E-state index in [0.717, 1.165) is 0 Å². The molecule has 0 atom stereocenters. The second-order valence-electron chi connectivity index (χ2n) is 4.79. The van der Waals surface area contributed by atoms with Gasteiger partial charge in [-0.2, -0.15) is 0 Å². The molecule has 1 aromatic heterocycles. The normalized spacial score (nSPS) is 11.6. The van der Waals surface area contributed by atoms with E-state index in [1.807, 2.05) is 0 Å². The number of para-hydroxylation sites is 1. The van der Waals surface area contributed by atoms with Crippen molar-refractivity contribution in [2.45, 2.75) is 11.8 Å². The first kappa shape index (κ1) is 15.6. The molecule has 0 amide bonds. The summed E-state index contributed by atoms with van der Waals surface area (Å²) < 4.78 is 38.4. The Kier molecular flexibility index (Phi) is 3.91. The Balaban J connectivity index is 2.09. The minimum absolute atomic E-state index is 0.0512. The molecule has 0 aliphatic rings. The summed E-state index contributed by atoms with van der Waals surface area (Å²) in [6.07, 6.45) is 0. The number of aryl methyl sites for hydroxylation is 1. The lowest BCUT2D eigenvalue weighted by Crippen LogP contribution is -2.14. The molecule has 0 radical (unpaired) electrons. The Hall–Kier alpha value is -2.25. The van der Waals surface area contributed by atoms with Crippen LogP contribution >= 0.6 is 11.6 Å². The van der Waals surface area contributed by atoms with Crippen LogP contribution in [0, 0.1) is 6.92 Å². The summed E-state index contributed by atoms with van der Waals surface area (Å²) in [5.74, 6) is 0.650. The molecule has 2 aromatic carbocycles. The van der Waals surface area contributed by atoms with Gasteiger partial charge in [-0.25, -0.2) is 13.4 Å². The highest BCUT2D eigenvalue weighted by atomic mass is 35.5. The fraction of sp³-hybridized carbons (Fsp3) is 0.133. The molecule has 0 bridgehead atoms. The minimum atomic E-state index is -3.90. The Morgan fingerprint density at radius 2 is 2.04 bits per heavy atom. The monoisotopic (exact) mass is 352 g/mol. The molecule has 0 saturated carbocycles. The third kappa shape index (κ3) is 2.97. The Morgan fingerprint density at radius 3 is 2.78 bits per heavy atom. The number of hydrogen-bond donors (Lipinski definition) is 1. The maximum absolute atomic E-state index is 12.7. The first-order valence-electron chi connectivity index (χ1n) is 6.63. The lowest BCUT2D eigenvalue weighted by molar-refractivity contribution is 0.403. The number of hydrogen-bond acceptors (Lipinski definition) is 5. The van der Waals surface area contributed by atoms with E-state index in [-0.39, 0.29) is 10.6 Å². The SMILES string of the molecule is COc1ccc(Cl)cc1S(=O)(=O)Nc1cccc2oc(C)nc12. The minimum Gasteiger partial charge on any atom is -0.495 e. The second-order valence-corrected chi connectivity index (χ2v) is 6.87. The highest BCUT2D eigenvalue weighted by Crippen LogP contribution is 2.31. The molecule has 0 aliphatic heterocycles. The molecule has 120 valence electrons. The van der Waals surface area contributed by atoms with Crippen molar-refractivity contribution in [3.63, 3.8) is 0 Å². The first-order chi connectivity index (χ1) is 10.9. The maximum atomic E-state index is 12.7. The van der Waals surface area contributed by atoms with Crippen LogP contribution in [0.2, 0.25) is 5.02 Å². The summed E-state index contributed by atoms with van der Waals surface area (Å²) in [5, 5.41) is 0.293. The van der Waals surface area contributed by atoms with Gasteiger partial charge in [-0.1, -0.05) is 17.7 Å². The van der Waals surface area contributed by atoms with Crippen LogP contribution in [0.3, 0.4) is 0 Å². The number of fused-ring (bicyclic) bond motifs is 1. The molecular formula is C15H13ClN2O4S. The van der Waals surface area contributed by atoms with Crippen molar-refractivity contribution >= 4 is 38.4 Å². The highest BCUT2D eigenvalue weighted by molar-refractivity contribution is 7.92. The van der Waals surface area contributed by atoms with E-state index in [1.165, 1.54) is 19.2 Å². The van der Waals surface area contributed by atoms with Crippen LogP contribution in [0.5, 0.6) is 5.75 Å². The second kappa shape index (κ2) is 5.75. The van der Waals surface area contributed by atoms with Gasteiger partial charge in [-0.05, 0) is 30.3 Å². The van der Waals surface area contributed by atoms with Gasteiger partial charge >= 0.3 is 0 Å². The third-order valence-corrected chi connectivity index (χ3v) is 4.81. The molecule has 23 heavy (non-hydrogen) atoms. The predicted molar refractivity (Wildman–Crippen MR) is 87.6 cm³/mol. The van der Waals surface area contributed by atoms with E-state index >= 15 is 0 Å². The Morgan fingerprint density at radius 1 is 1.26 bits per heavy atom. The van der Waals surface area contributed by atoms with Crippen molar-refractivity contribution in [1.82, 2.24) is 4.98 Å². The van der Waals surface area contributed by atoms with Gasteiger partial charge in [0.05, 0.1) is 12.8 Å². The van der Waals surface area contributed by atoms with Gasteiger partial charge in [-0.15, -0.1) is 0 Å². The number of methoxy groups -OCH3 is 1. The number of nitrogens with one attached hydrogen (secondary N) is 1. The molecule has 0 unspecified atom stereocenters. The van der Waals surface area contributed by atoms with Crippen molar-refractivity contribution in [3.05, 3.63) is 47.3 Å². The zero-order valence-corrected chi connectivity index (χ0v) is 13.9. The van der Waals surface area contributed by atoms with Gasteiger partial charge in [0.15, 0.2) is 11.5 Å². The van der Waals surface area contributed by atoms with Gasteiger partial charge in [0.25, 0.3) is 10.0 Å². The van der Waals surface area contributed by atoms with Crippen molar-refractivity contribution in [3.8, 4) is 5.75 Å². The molecule has 3 aromatic rings. The lowest BCUT2D eigenvalue weighted by Gasteiger charge is -2.12. The van der Waals surface area contributed by atoms with Crippen LogP contribution in [0.4, 0.5) is 5.69 Å². The number of halogens is 1. The van der Waals surface area contributed by atoms with Crippen molar-refractivity contribution in [2.75, 3.05) is 11.8 Å². The van der Waals surface area contributed by atoms with Crippen LogP contribution in [0.1, 0.15) is 5.89 Å². The number of oxazole rings is 1. The first-order valence-corrected chi connectivity index (χ1v) is 8.49. The molecule has 1 heterocycles. The number of rotatable bonds is 4. The Bertz CT molecular complexity index is 982. The average molecular weight is 353 g/mol. The summed E-state index contributed by atoms with van der Waals surface area (Å²) in [6, 6.07) is 9.39. The molecule has 0 fully saturated rings. The molecule has 0 aliphatic carbocycles. The standard InChI is InChI=1S/C15H13ClN2O4S/c1-9-17-15-11(4-3-5-13(15)22-9)18-23(19,20)14-8-10(16)6-7-12(14)21-2/h3-8,18H,1-2H3. The van der Waals surface area contributed by atoms with Gasteiger partial charge in [-0.3, -0.25) is 4.72 Å². The van der Waals surface area contributed by atoms with E-state index in [9.17, 15) is 8.42 Å². The molecule has 0 spiro atoms. The number of sulfonamides is 1. The van der Waals surface area contributed by atoms with Crippen molar-refractivity contribution in [1.29, 1.82) is 0 Å². The number of ether oxygens (including phenoxy) is 1. The van der Waals surface area contributed by atoms with Crippen LogP contribution in [-0.2, 0) is 10.0 Å². The summed E-state index contributed by atoms with van der Waals surface area (Å²) in [7, 11) is -2.51. The molecular weight excluding hydrogens is 340 g/mol. The van der Waals surface area contributed by atoms with E-state index < -0.39 is 10.0 Å². The van der Waals surface area contributed by atoms with Crippen LogP contribution in [0.15, 0.2) is 45.7 Å². The van der Waals surface area contributed by atoms with E-state index in [0.29, 0.717) is 27.7 Å². The summed E-state index contributed by atoms with van der Waals surface area (Å²) in [4.78, 5) is 4.15. The van der Waals surface area contributed by atoms with Crippen molar-refractivity contribution in [2.24, 2.45) is 0 Å². The smallest absolute Gasteiger partial charge is 0.265 e. The fourth-order valence-corrected chi connectivity index (χ4v) is 3.70. The average Bonchev–Trinajstić information content (AvgIpc) is 2.88. The molecule has 8 heteroatoms. The van der Waals surface area contributed by atoms with Gasteiger partial charge in [0, 0.05) is 11.9 Å². The number of nitrogens with zero attached hydrogens (tertiary/aromatic N) is 1.